The highest BCUT2D eigenvalue weighted by atomic mass is 32.2. The predicted molar refractivity (Wildman–Crippen MR) is 76.5 cm³/mol. The first-order valence-corrected chi connectivity index (χ1v) is 8.16. The molecule has 1 fully saturated rings. The Morgan fingerprint density at radius 2 is 2.16 bits per heavy atom. The minimum atomic E-state index is -3.33. The third-order valence-electron chi connectivity index (χ3n) is 3.82. The van der Waals surface area contributed by atoms with Gasteiger partial charge in [0.2, 0.25) is 10.0 Å². The molecule has 0 saturated carbocycles. The lowest BCUT2D eigenvalue weighted by molar-refractivity contribution is 0.464. The molecule has 106 valence electrons. The summed E-state index contributed by atoms with van der Waals surface area (Å²) in [6, 6.07) is 7.37. The van der Waals surface area contributed by atoms with Crippen LogP contribution in [0.25, 0.3) is 0 Å². The molecule has 0 bridgehead atoms. The lowest BCUT2D eigenvalue weighted by Crippen LogP contribution is -2.28. The SMILES string of the molecule is CNC(C)c1cccc(S(=O)(=O)N2CCC(C)C2)c1. The number of nitrogens with one attached hydrogen (secondary N) is 1. The summed E-state index contributed by atoms with van der Waals surface area (Å²) < 4.78 is 26.7. The summed E-state index contributed by atoms with van der Waals surface area (Å²) in [5.74, 6) is 0.453. The predicted octanol–water partition coefficient (Wildman–Crippen LogP) is 2.00. The zero-order valence-electron chi connectivity index (χ0n) is 11.8. The van der Waals surface area contributed by atoms with E-state index >= 15 is 0 Å². The van der Waals surface area contributed by atoms with E-state index in [1.54, 1.807) is 16.4 Å². The molecule has 2 atom stereocenters. The second-order valence-electron chi connectivity index (χ2n) is 5.34. The second-order valence-corrected chi connectivity index (χ2v) is 7.28. The summed E-state index contributed by atoms with van der Waals surface area (Å²) in [5.41, 5.74) is 0.996. The molecule has 5 heteroatoms. The zero-order valence-corrected chi connectivity index (χ0v) is 12.6. The number of rotatable bonds is 4. The van der Waals surface area contributed by atoms with Crippen molar-refractivity contribution in [2.45, 2.75) is 31.2 Å². The average molecular weight is 282 g/mol. The van der Waals surface area contributed by atoms with Gasteiger partial charge in [0.15, 0.2) is 0 Å². The Morgan fingerprint density at radius 1 is 1.42 bits per heavy atom. The standard InChI is InChI=1S/C14H22N2O2S/c1-11-7-8-16(10-11)19(17,18)14-6-4-5-13(9-14)12(2)15-3/h4-6,9,11-12,15H,7-8,10H2,1-3H3. The number of hydrogen-bond acceptors (Lipinski definition) is 3. The van der Waals surface area contributed by atoms with Crippen molar-refractivity contribution in [1.29, 1.82) is 0 Å². The highest BCUT2D eigenvalue weighted by Crippen LogP contribution is 2.25. The third-order valence-corrected chi connectivity index (χ3v) is 5.68. The van der Waals surface area contributed by atoms with E-state index in [0.29, 0.717) is 23.9 Å². The normalized spacial score (nSPS) is 22.6. The van der Waals surface area contributed by atoms with E-state index in [2.05, 4.69) is 12.2 Å². The molecule has 0 aliphatic carbocycles. The minimum Gasteiger partial charge on any atom is -0.313 e. The van der Waals surface area contributed by atoms with Crippen LogP contribution in [-0.4, -0.2) is 32.9 Å². The molecule has 19 heavy (non-hydrogen) atoms. The summed E-state index contributed by atoms with van der Waals surface area (Å²) in [4.78, 5) is 0.404. The smallest absolute Gasteiger partial charge is 0.243 e. The maximum Gasteiger partial charge on any atom is 0.243 e. The van der Waals surface area contributed by atoms with Crippen LogP contribution in [0, 0.1) is 5.92 Å². The largest absolute Gasteiger partial charge is 0.313 e. The van der Waals surface area contributed by atoms with Gasteiger partial charge in [0, 0.05) is 19.1 Å². The Kier molecular flexibility index (Phi) is 4.28. The van der Waals surface area contributed by atoms with Gasteiger partial charge in [0.1, 0.15) is 0 Å². The van der Waals surface area contributed by atoms with E-state index in [0.717, 1.165) is 12.0 Å². The lowest BCUT2D eigenvalue weighted by Gasteiger charge is -2.18. The van der Waals surface area contributed by atoms with Gasteiger partial charge in [-0.1, -0.05) is 19.1 Å². The Balaban J connectivity index is 2.30. The molecule has 2 unspecified atom stereocenters. The van der Waals surface area contributed by atoms with Gasteiger partial charge < -0.3 is 5.32 Å². The van der Waals surface area contributed by atoms with Crippen LogP contribution in [0.2, 0.25) is 0 Å². The Labute approximate surface area is 115 Å². The van der Waals surface area contributed by atoms with E-state index < -0.39 is 10.0 Å². The van der Waals surface area contributed by atoms with E-state index in [1.807, 2.05) is 26.1 Å². The first-order chi connectivity index (χ1) is 8.95. The molecule has 1 heterocycles. The summed E-state index contributed by atoms with van der Waals surface area (Å²) in [5, 5.41) is 3.13. The van der Waals surface area contributed by atoms with Gasteiger partial charge >= 0.3 is 0 Å². The topological polar surface area (TPSA) is 49.4 Å². The fourth-order valence-electron chi connectivity index (χ4n) is 2.37. The fraction of sp³-hybridized carbons (Fsp3) is 0.571. The number of nitrogens with zero attached hydrogens (tertiary/aromatic N) is 1. The van der Waals surface area contributed by atoms with E-state index in [-0.39, 0.29) is 6.04 Å². The third kappa shape index (κ3) is 2.99. The minimum absolute atomic E-state index is 0.146. The van der Waals surface area contributed by atoms with Crippen molar-refractivity contribution in [2.75, 3.05) is 20.1 Å². The fourth-order valence-corrected chi connectivity index (χ4v) is 4.00. The van der Waals surface area contributed by atoms with Gasteiger partial charge in [-0.15, -0.1) is 0 Å². The molecule has 1 aliphatic heterocycles. The van der Waals surface area contributed by atoms with Crippen LogP contribution in [0.5, 0.6) is 0 Å². The van der Waals surface area contributed by atoms with Gasteiger partial charge in [-0.25, -0.2) is 8.42 Å². The van der Waals surface area contributed by atoms with Crippen molar-refractivity contribution in [3.63, 3.8) is 0 Å². The summed E-state index contributed by atoms with van der Waals surface area (Å²) >= 11 is 0. The van der Waals surface area contributed by atoms with Gasteiger partial charge in [-0.3, -0.25) is 0 Å². The monoisotopic (exact) mass is 282 g/mol. The first kappa shape index (κ1) is 14.5. The molecule has 0 aromatic heterocycles. The van der Waals surface area contributed by atoms with Crippen molar-refractivity contribution in [2.24, 2.45) is 5.92 Å². The van der Waals surface area contributed by atoms with Crippen LogP contribution in [0.15, 0.2) is 29.2 Å². The van der Waals surface area contributed by atoms with Crippen LogP contribution < -0.4 is 5.32 Å². The zero-order chi connectivity index (χ0) is 14.0. The Bertz CT molecular complexity index is 542. The maximum absolute atomic E-state index is 12.5. The van der Waals surface area contributed by atoms with Crippen LogP contribution in [-0.2, 0) is 10.0 Å². The molecule has 2 rings (SSSR count). The van der Waals surface area contributed by atoms with Crippen LogP contribution in [0.1, 0.15) is 31.9 Å². The molecule has 0 radical (unpaired) electrons. The summed E-state index contributed by atoms with van der Waals surface area (Å²) in [6.07, 6.45) is 0.950. The van der Waals surface area contributed by atoms with Crippen molar-refractivity contribution < 1.29 is 8.42 Å². The summed E-state index contributed by atoms with van der Waals surface area (Å²) in [6.45, 7) is 5.38. The number of sulfonamides is 1. The van der Waals surface area contributed by atoms with Crippen LogP contribution in [0.3, 0.4) is 0 Å². The molecular formula is C14H22N2O2S. The first-order valence-electron chi connectivity index (χ1n) is 6.72. The molecule has 0 spiro atoms. The number of hydrogen-bond donors (Lipinski definition) is 1. The molecule has 1 aliphatic rings. The van der Waals surface area contributed by atoms with Gasteiger partial charge in [0.25, 0.3) is 0 Å². The average Bonchev–Trinajstić information content (AvgIpc) is 2.85. The van der Waals surface area contributed by atoms with Crippen molar-refractivity contribution in [3.05, 3.63) is 29.8 Å². The van der Waals surface area contributed by atoms with Gasteiger partial charge in [-0.05, 0) is 44.0 Å². The van der Waals surface area contributed by atoms with E-state index in [1.165, 1.54) is 0 Å². The van der Waals surface area contributed by atoms with Crippen molar-refractivity contribution in [3.8, 4) is 0 Å². The van der Waals surface area contributed by atoms with Crippen LogP contribution in [0.4, 0.5) is 0 Å². The van der Waals surface area contributed by atoms with E-state index in [4.69, 9.17) is 0 Å². The van der Waals surface area contributed by atoms with Crippen LogP contribution >= 0.6 is 0 Å². The quantitative estimate of drug-likeness (QED) is 0.919. The Morgan fingerprint density at radius 3 is 2.74 bits per heavy atom. The van der Waals surface area contributed by atoms with Crippen molar-refractivity contribution in [1.82, 2.24) is 9.62 Å². The van der Waals surface area contributed by atoms with Gasteiger partial charge in [-0.2, -0.15) is 4.31 Å². The molecule has 1 N–H and O–H groups in total. The molecular weight excluding hydrogens is 260 g/mol. The second kappa shape index (κ2) is 5.61. The molecule has 1 saturated heterocycles. The highest BCUT2D eigenvalue weighted by Gasteiger charge is 2.30. The molecule has 4 nitrogen and oxygen atoms in total. The number of benzene rings is 1. The Hall–Kier alpha value is -0.910. The maximum atomic E-state index is 12.5. The molecule has 1 aromatic rings. The summed E-state index contributed by atoms with van der Waals surface area (Å²) in [7, 11) is -1.46. The van der Waals surface area contributed by atoms with E-state index in [9.17, 15) is 8.42 Å². The molecule has 1 aromatic carbocycles. The highest BCUT2D eigenvalue weighted by molar-refractivity contribution is 7.89. The van der Waals surface area contributed by atoms with Gasteiger partial charge in [0.05, 0.1) is 4.90 Å². The van der Waals surface area contributed by atoms with Crippen molar-refractivity contribution >= 4 is 10.0 Å². The molecule has 0 amide bonds. The lowest BCUT2D eigenvalue weighted by atomic mass is 10.1.